The summed E-state index contributed by atoms with van der Waals surface area (Å²) in [7, 11) is 5.01. The van der Waals surface area contributed by atoms with E-state index in [0.29, 0.717) is 22.8 Å². The summed E-state index contributed by atoms with van der Waals surface area (Å²) in [5, 5.41) is 10.6. The lowest BCUT2D eigenvalue weighted by molar-refractivity contribution is 0.00283. The molecule has 5 rings (SSSR count). The van der Waals surface area contributed by atoms with Gasteiger partial charge in [0.25, 0.3) is 0 Å². The molecule has 0 unspecified atom stereocenters. The van der Waals surface area contributed by atoms with Gasteiger partial charge in [-0.05, 0) is 31.2 Å². The first-order valence-corrected chi connectivity index (χ1v) is 10.5. The summed E-state index contributed by atoms with van der Waals surface area (Å²) in [6, 6.07) is 5.39. The van der Waals surface area contributed by atoms with Crippen molar-refractivity contribution >= 4 is 28.6 Å². The van der Waals surface area contributed by atoms with Crippen LogP contribution >= 0.6 is 22.6 Å². The van der Waals surface area contributed by atoms with Gasteiger partial charge in [-0.25, -0.2) is 4.79 Å². The standard InChI is InChI=1S/C21H20INO7/c1-23-7-6-10-8-13-17(29-9-28-13)18(27-3)15(10)21(23,22)19-11-4-5-12(26-2)16(24)14(11)20(25)30-19/h4-5,8,19,24H,6-7,9H2,1-3H3/t19-,21+/m0/s1. The Morgan fingerprint density at radius 1 is 1.27 bits per heavy atom. The van der Waals surface area contributed by atoms with E-state index in [-0.39, 0.29) is 23.9 Å². The highest BCUT2D eigenvalue weighted by atomic mass is 127. The number of aromatic hydroxyl groups is 1. The fraction of sp³-hybridized carbons (Fsp3) is 0.381. The summed E-state index contributed by atoms with van der Waals surface area (Å²) in [6.07, 6.45) is 0.112. The summed E-state index contributed by atoms with van der Waals surface area (Å²) < 4.78 is 27.3. The van der Waals surface area contributed by atoms with Crippen molar-refractivity contribution in [2.75, 3.05) is 34.6 Å². The van der Waals surface area contributed by atoms with E-state index in [1.54, 1.807) is 19.2 Å². The second kappa shape index (κ2) is 6.81. The van der Waals surface area contributed by atoms with E-state index in [4.69, 9.17) is 23.7 Å². The molecule has 3 aliphatic rings. The molecule has 9 heteroatoms. The number of carbonyl (C=O) groups is 1. The van der Waals surface area contributed by atoms with Crippen molar-refractivity contribution < 1.29 is 33.6 Å². The van der Waals surface area contributed by atoms with Gasteiger partial charge in [0.2, 0.25) is 12.5 Å². The Labute approximate surface area is 186 Å². The highest BCUT2D eigenvalue weighted by molar-refractivity contribution is 14.1. The maximum absolute atomic E-state index is 12.8. The number of hydrogen-bond acceptors (Lipinski definition) is 8. The second-order valence-corrected chi connectivity index (χ2v) is 9.03. The maximum Gasteiger partial charge on any atom is 0.343 e. The SMILES string of the molecule is COc1ccc2c(c1O)C(=O)O[C@@H]2[C@@]1(I)c2c(cc3c(c2OC)OCO3)CCN1C. The second-order valence-electron chi connectivity index (χ2n) is 7.39. The van der Waals surface area contributed by atoms with E-state index in [1.165, 1.54) is 7.11 Å². The summed E-state index contributed by atoms with van der Waals surface area (Å²) in [5.41, 5.74) is 2.66. The summed E-state index contributed by atoms with van der Waals surface area (Å²) in [4.78, 5) is 14.9. The van der Waals surface area contributed by atoms with Crippen LogP contribution in [0.2, 0.25) is 0 Å². The fourth-order valence-electron chi connectivity index (χ4n) is 4.51. The summed E-state index contributed by atoms with van der Waals surface area (Å²) >= 11 is 2.32. The van der Waals surface area contributed by atoms with Gasteiger partial charge in [0.05, 0.1) is 14.2 Å². The summed E-state index contributed by atoms with van der Waals surface area (Å²) in [5.74, 6) is 1.21. The van der Waals surface area contributed by atoms with Crippen LogP contribution < -0.4 is 18.9 Å². The number of carbonyl (C=O) groups excluding carboxylic acids is 1. The predicted octanol–water partition coefficient (Wildman–Crippen LogP) is 3.13. The number of benzene rings is 2. The molecule has 1 N–H and O–H groups in total. The van der Waals surface area contributed by atoms with Crippen molar-refractivity contribution in [3.63, 3.8) is 0 Å². The minimum atomic E-state index is -0.792. The molecule has 0 amide bonds. The zero-order chi connectivity index (χ0) is 21.2. The van der Waals surface area contributed by atoms with Crippen LogP contribution in [0.25, 0.3) is 0 Å². The number of fused-ring (bicyclic) bond motifs is 3. The molecule has 0 spiro atoms. The number of rotatable bonds is 3. The van der Waals surface area contributed by atoms with Gasteiger partial charge < -0.3 is 28.8 Å². The monoisotopic (exact) mass is 525 g/mol. The van der Waals surface area contributed by atoms with Crippen LogP contribution in [0.3, 0.4) is 0 Å². The predicted molar refractivity (Wildman–Crippen MR) is 114 cm³/mol. The number of alkyl halides is 1. The lowest BCUT2D eigenvalue weighted by atomic mass is 9.85. The molecule has 0 aromatic heterocycles. The smallest absolute Gasteiger partial charge is 0.343 e. The first-order chi connectivity index (χ1) is 14.4. The number of phenols is 1. The lowest BCUT2D eigenvalue weighted by Crippen LogP contribution is -2.48. The molecule has 2 aromatic carbocycles. The molecule has 0 saturated carbocycles. The Hall–Kier alpha value is -2.40. The highest BCUT2D eigenvalue weighted by Crippen LogP contribution is 2.60. The molecular weight excluding hydrogens is 505 g/mol. The van der Waals surface area contributed by atoms with Gasteiger partial charge in [-0.2, -0.15) is 0 Å². The van der Waals surface area contributed by atoms with E-state index in [9.17, 15) is 9.90 Å². The molecule has 0 fully saturated rings. The molecule has 3 heterocycles. The van der Waals surface area contributed by atoms with Crippen molar-refractivity contribution in [2.45, 2.75) is 16.1 Å². The van der Waals surface area contributed by atoms with Crippen LogP contribution in [-0.4, -0.2) is 50.6 Å². The average Bonchev–Trinajstić information content (AvgIpc) is 3.34. The van der Waals surface area contributed by atoms with Gasteiger partial charge in [0.15, 0.2) is 29.1 Å². The van der Waals surface area contributed by atoms with Crippen molar-refractivity contribution in [1.82, 2.24) is 4.90 Å². The number of phenolic OH excluding ortho intramolecular Hbond substituents is 1. The number of likely N-dealkylation sites (N-methyl/N-ethyl adjacent to an activating group) is 1. The largest absolute Gasteiger partial charge is 0.504 e. The molecule has 0 radical (unpaired) electrons. The van der Waals surface area contributed by atoms with Gasteiger partial charge in [-0.15, -0.1) is 0 Å². The van der Waals surface area contributed by atoms with Gasteiger partial charge in [0.1, 0.15) is 9.11 Å². The van der Waals surface area contributed by atoms with E-state index >= 15 is 0 Å². The quantitative estimate of drug-likeness (QED) is 0.283. The lowest BCUT2D eigenvalue weighted by Gasteiger charge is -2.45. The summed E-state index contributed by atoms with van der Waals surface area (Å²) in [6.45, 7) is 0.873. The molecule has 8 nitrogen and oxygen atoms in total. The Bertz CT molecular complexity index is 1070. The minimum Gasteiger partial charge on any atom is -0.504 e. The van der Waals surface area contributed by atoms with Crippen LogP contribution in [0.1, 0.15) is 33.2 Å². The number of hydrogen-bond donors (Lipinski definition) is 1. The van der Waals surface area contributed by atoms with Crippen LogP contribution in [0.4, 0.5) is 0 Å². The van der Waals surface area contributed by atoms with Crippen molar-refractivity contribution in [3.05, 3.63) is 40.5 Å². The zero-order valence-corrected chi connectivity index (χ0v) is 18.8. The first-order valence-electron chi connectivity index (χ1n) is 9.42. The molecule has 0 bridgehead atoms. The molecular formula is C21H20INO7. The Kier molecular flexibility index (Phi) is 4.44. The Morgan fingerprint density at radius 2 is 2.07 bits per heavy atom. The van der Waals surface area contributed by atoms with E-state index in [1.807, 2.05) is 13.1 Å². The highest BCUT2D eigenvalue weighted by Gasteiger charge is 2.55. The normalized spacial score (nSPS) is 24.3. The van der Waals surface area contributed by atoms with Crippen molar-refractivity contribution in [3.8, 4) is 28.7 Å². The van der Waals surface area contributed by atoms with Gasteiger partial charge in [-0.1, -0.05) is 28.7 Å². The van der Waals surface area contributed by atoms with Crippen LogP contribution in [0, 0.1) is 0 Å². The van der Waals surface area contributed by atoms with Gasteiger partial charge in [-0.3, -0.25) is 4.90 Å². The number of ether oxygens (including phenoxy) is 5. The maximum atomic E-state index is 12.8. The fourth-order valence-corrected chi connectivity index (χ4v) is 5.81. The van der Waals surface area contributed by atoms with E-state index in [0.717, 1.165) is 24.1 Å². The minimum absolute atomic E-state index is 0.133. The van der Waals surface area contributed by atoms with Gasteiger partial charge >= 0.3 is 5.97 Å². The van der Waals surface area contributed by atoms with Crippen LogP contribution in [0.5, 0.6) is 28.7 Å². The van der Waals surface area contributed by atoms with E-state index in [2.05, 4.69) is 27.5 Å². The Balaban J connectivity index is 1.74. The average molecular weight is 525 g/mol. The Morgan fingerprint density at radius 3 is 2.80 bits per heavy atom. The van der Waals surface area contributed by atoms with Crippen molar-refractivity contribution in [2.24, 2.45) is 0 Å². The van der Waals surface area contributed by atoms with Crippen LogP contribution in [0.15, 0.2) is 18.2 Å². The topological polar surface area (TPSA) is 86.7 Å². The number of methoxy groups -OCH3 is 2. The molecule has 0 aliphatic carbocycles. The number of nitrogens with zero attached hydrogens (tertiary/aromatic N) is 1. The van der Waals surface area contributed by atoms with Crippen molar-refractivity contribution in [1.29, 1.82) is 0 Å². The molecule has 2 aromatic rings. The zero-order valence-electron chi connectivity index (χ0n) is 16.7. The number of cyclic esters (lactones) is 1. The molecule has 158 valence electrons. The molecule has 3 aliphatic heterocycles. The molecule has 2 atom stereocenters. The van der Waals surface area contributed by atoms with E-state index < -0.39 is 15.6 Å². The van der Waals surface area contributed by atoms with Crippen LogP contribution in [-0.2, 0) is 14.7 Å². The third-order valence-corrected chi connectivity index (χ3v) is 7.91. The number of esters is 1. The molecule has 0 saturated heterocycles. The third-order valence-electron chi connectivity index (χ3n) is 5.98. The first kappa shape index (κ1) is 19.6. The van der Waals surface area contributed by atoms with Gasteiger partial charge in [0, 0.05) is 17.7 Å². The molecule has 30 heavy (non-hydrogen) atoms. The number of halogens is 1. The third kappa shape index (κ3) is 2.45.